The van der Waals surface area contributed by atoms with Crippen molar-refractivity contribution < 1.29 is 14.6 Å². The molecule has 0 unspecified atom stereocenters. The average molecular weight is 550 g/mol. The Morgan fingerprint density at radius 2 is 2.03 bits per heavy atom. The number of rotatable bonds is 5. The number of aliphatic hydroxyl groups excluding tert-OH is 1. The van der Waals surface area contributed by atoms with Crippen LogP contribution in [0.1, 0.15) is 48.0 Å². The third kappa shape index (κ3) is 8.51. The number of aromatic nitrogens is 2. The number of anilines is 1. The molecule has 8 nitrogen and oxygen atoms in total. The molecule has 1 aliphatic heterocycles. The molecule has 206 valence electrons. The third-order valence-corrected chi connectivity index (χ3v) is 6.64. The van der Waals surface area contributed by atoms with E-state index in [1.165, 1.54) is 11.6 Å². The summed E-state index contributed by atoms with van der Waals surface area (Å²) in [6.45, 7) is 8.15. The van der Waals surface area contributed by atoms with Crippen LogP contribution in [0.2, 0.25) is 5.15 Å². The molecule has 4 N–H and O–H groups in total. The van der Waals surface area contributed by atoms with Crippen LogP contribution in [0.3, 0.4) is 0 Å². The molecule has 3 aromatic rings. The number of nitrogens with one attached hydrogen (secondary N) is 3. The molecule has 39 heavy (non-hydrogen) atoms. The molecule has 0 aliphatic carbocycles. The van der Waals surface area contributed by atoms with E-state index in [0.29, 0.717) is 37.5 Å². The van der Waals surface area contributed by atoms with Gasteiger partial charge in [0.15, 0.2) is 0 Å². The number of hydrogen-bond donors (Lipinski definition) is 4. The number of fused-ring (bicyclic) bond motifs is 4. The summed E-state index contributed by atoms with van der Waals surface area (Å²) in [6, 6.07) is 14.4. The number of benzene rings is 1. The van der Waals surface area contributed by atoms with Gasteiger partial charge in [-0.2, -0.15) is 0 Å². The topological polar surface area (TPSA) is 108 Å². The van der Waals surface area contributed by atoms with Crippen LogP contribution in [-0.2, 0) is 18.4 Å². The van der Waals surface area contributed by atoms with Gasteiger partial charge in [-0.05, 0) is 65.4 Å². The van der Waals surface area contributed by atoms with Crippen molar-refractivity contribution in [2.45, 2.75) is 51.3 Å². The summed E-state index contributed by atoms with van der Waals surface area (Å²) in [6.07, 6.45) is 5.18. The molecule has 3 heterocycles. The van der Waals surface area contributed by atoms with Crippen molar-refractivity contribution in [1.29, 1.82) is 0 Å². The second kappa shape index (κ2) is 13.1. The van der Waals surface area contributed by atoms with Crippen molar-refractivity contribution in [2.75, 3.05) is 25.0 Å². The van der Waals surface area contributed by atoms with Crippen LogP contribution in [0.25, 0.3) is 0 Å². The van der Waals surface area contributed by atoms with E-state index in [-0.39, 0.29) is 23.0 Å². The second-order valence-electron chi connectivity index (χ2n) is 10.6. The Labute approximate surface area is 234 Å². The van der Waals surface area contributed by atoms with Gasteiger partial charge in [0.2, 0.25) is 0 Å². The maximum absolute atomic E-state index is 13.3. The number of aliphatic hydroxyl groups is 1. The van der Waals surface area contributed by atoms with Crippen molar-refractivity contribution in [3.05, 3.63) is 94.4 Å². The fourth-order valence-electron chi connectivity index (χ4n) is 4.26. The Morgan fingerprint density at radius 3 is 2.85 bits per heavy atom. The Hall–Kier alpha value is -3.46. The Balaban J connectivity index is 1.52. The van der Waals surface area contributed by atoms with Gasteiger partial charge in [-0.1, -0.05) is 50.6 Å². The summed E-state index contributed by atoms with van der Waals surface area (Å²) in [5.74, 6) is 0.860. The zero-order valence-corrected chi connectivity index (χ0v) is 23.3. The van der Waals surface area contributed by atoms with Gasteiger partial charge in [-0.15, -0.1) is 0 Å². The number of carbonyl (C=O) groups is 1. The van der Waals surface area contributed by atoms with Crippen molar-refractivity contribution in [3.63, 3.8) is 0 Å². The van der Waals surface area contributed by atoms with E-state index in [1.54, 1.807) is 6.07 Å². The summed E-state index contributed by atoms with van der Waals surface area (Å²) in [7, 11) is 0. The summed E-state index contributed by atoms with van der Waals surface area (Å²) < 4.78 is 5.85. The first-order valence-corrected chi connectivity index (χ1v) is 13.5. The van der Waals surface area contributed by atoms with Crippen LogP contribution in [0, 0.1) is 0 Å². The van der Waals surface area contributed by atoms with Crippen LogP contribution in [0.15, 0.2) is 66.9 Å². The lowest BCUT2D eigenvalue weighted by molar-refractivity contribution is 0.0829. The first-order valence-electron chi connectivity index (χ1n) is 13.1. The first kappa shape index (κ1) is 28.5. The van der Waals surface area contributed by atoms with Crippen LogP contribution in [0.5, 0.6) is 5.75 Å². The van der Waals surface area contributed by atoms with E-state index in [2.05, 4.69) is 52.8 Å². The largest absolute Gasteiger partial charge is 0.490 e. The highest BCUT2D eigenvalue weighted by atomic mass is 35.5. The highest BCUT2D eigenvalue weighted by molar-refractivity contribution is 6.29. The maximum Gasteiger partial charge on any atom is 0.251 e. The number of pyridine rings is 2. The minimum atomic E-state index is -0.874. The molecular formula is C30H36ClN5O3. The number of hydrogen-bond acceptors (Lipinski definition) is 7. The Bertz CT molecular complexity index is 1310. The normalized spacial score (nSPS) is 17.1. The molecule has 0 fully saturated rings. The smallest absolute Gasteiger partial charge is 0.251 e. The van der Waals surface area contributed by atoms with Crippen LogP contribution in [0.4, 0.5) is 5.82 Å². The zero-order valence-electron chi connectivity index (χ0n) is 22.6. The zero-order chi connectivity index (χ0) is 27.8. The predicted molar refractivity (Wildman–Crippen MR) is 154 cm³/mol. The van der Waals surface area contributed by atoms with E-state index in [4.69, 9.17) is 16.3 Å². The van der Waals surface area contributed by atoms with E-state index in [0.717, 1.165) is 17.0 Å². The van der Waals surface area contributed by atoms with Gasteiger partial charge in [0, 0.05) is 31.4 Å². The van der Waals surface area contributed by atoms with Crippen LogP contribution < -0.4 is 20.7 Å². The fourth-order valence-corrected chi connectivity index (χ4v) is 4.47. The number of nitrogens with zero attached hydrogens (tertiary/aromatic N) is 2. The Morgan fingerprint density at radius 1 is 1.18 bits per heavy atom. The SMILES string of the molecule is CC(C)(C)c1ccnc(CNC[C@@H](O)[C@@H]2Cc3cccc(c3)OCC=CCNc3cc(cc(Cl)n3)C(=O)N2)c1. The third-order valence-electron chi connectivity index (χ3n) is 6.45. The molecule has 9 heteroatoms. The Kier molecular flexibility index (Phi) is 9.56. The molecule has 0 saturated carbocycles. The van der Waals surface area contributed by atoms with Crippen LogP contribution in [-0.4, -0.2) is 52.8 Å². The van der Waals surface area contributed by atoms with Crippen molar-refractivity contribution in [2.24, 2.45) is 0 Å². The standard InChI is InChI=1S/C30H36ClN5O3/c1-30(2,3)22-9-11-33-23(17-22)18-32-19-26(37)25-14-20-7-6-8-24(13-20)39-12-5-4-10-34-28-16-21(29(38)35-25)15-27(31)36-28/h4-9,11,13,15-17,25-26,32,37H,10,12,14,18-19H2,1-3H3,(H,34,36)(H,35,38)/t25-,26+/m0/s1. The summed E-state index contributed by atoms with van der Waals surface area (Å²) in [5.41, 5.74) is 3.40. The fraction of sp³-hybridized carbons (Fsp3) is 0.367. The molecular weight excluding hydrogens is 514 g/mol. The monoisotopic (exact) mass is 549 g/mol. The molecule has 0 spiro atoms. The molecule has 0 saturated heterocycles. The van der Waals surface area contributed by atoms with Crippen molar-refractivity contribution in [1.82, 2.24) is 20.6 Å². The first-order chi connectivity index (χ1) is 18.7. The number of halogens is 1. The molecule has 2 aromatic heterocycles. The molecule has 1 aromatic carbocycles. The quantitative estimate of drug-likeness (QED) is 0.278. The van der Waals surface area contributed by atoms with E-state index in [1.807, 2.05) is 48.7 Å². The lowest BCUT2D eigenvalue weighted by atomic mass is 9.87. The number of amides is 1. The van der Waals surface area contributed by atoms with Gasteiger partial charge >= 0.3 is 0 Å². The van der Waals surface area contributed by atoms with E-state index < -0.39 is 12.1 Å². The van der Waals surface area contributed by atoms with Gasteiger partial charge in [-0.25, -0.2) is 4.98 Å². The minimum absolute atomic E-state index is 0.0188. The second-order valence-corrected chi connectivity index (χ2v) is 11.0. The van der Waals surface area contributed by atoms with E-state index in [9.17, 15) is 9.90 Å². The molecule has 0 radical (unpaired) electrons. The lowest BCUT2D eigenvalue weighted by Crippen LogP contribution is -2.48. The molecule has 4 bridgehead atoms. The summed E-state index contributed by atoms with van der Waals surface area (Å²) >= 11 is 6.20. The highest BCUT2D eigenvalue weighted by Gasteiger charge is 2.23. The minimum Gasteiger partial charge on any atom is -0.490 e. The number of carbonyl (C=O) groups excluding carboxylic acids is 1. The summed E-state index contributed by atoms with van der Waals surface area (Å²) in [4.78, 5) is 22.0. The molecule has 1 aliphatic rings. The van der Waals surface area contributed by atoms with E-state index >= 15 is 0 Å². The van der Waals surface area contributed by atoms with Gasteiger partial charge in [0.05, 0.1) is 17.8 Å². The summed E-state index contributed by atoms with van der Waals surface area (Å²) in [5, 5.41) is 20.9. The van der Waals surface area contributed by atoms with Crippen molar-refractivity contribution >= 4 is 23.3 Å². The predicted octanol–water partition coefficient (Wildman–Crippen LogP) is 4.28. The van der Waals surface area contributed by atoms with Gasteiger partial charge in [-0.3, -0.25) is 9.78 Å². The lowest BCUT2D eigenvalue weighted by Gasteiger charge is -2.25. The number of ether oxygens (including phenoxy) is 1. The molecule has 1 amide bonds. The maximum atomic E-state index is 13.3. The van der Waals surface area contributed by atoms with Crippen LogP contribution >= 0.6 is 11.6 Å². The highest BCUT2D eigenvalue weighted by Crippen LogP contribution is 2.22. The van der Waals surface area contributed by atoms with Gasteiger partial charge in [0.1, 0.15) is 23.3 Å². The molecule has 4 rings (SSSR count). The van der Waals surface area contributed by atoms with Gasteiger partial charge in [0.25, 0.3) is 5.91 Å². The van der Waals surface area contributed by atoms with Crippen molar-refractivity contribution in [3.8, 4) is 5.75 Å². The van der Waals surface area contributed by atoms with Gasteiger partial charge < -0.3 is 25.8 Å². The average Bonchev–Trinajstić information content (AvgIpc) is 2.89. The molecule has 2 atom stereocenters.